The number of anilines is 2. The Hall–Kier alpha value is -3.25. The number of rotatable bonds is 3. The minimum Gasteiger partial charge on any atom is -0.506 e. The maximum absolute atomic E-state index is 12.8. The number of aliphatic hydroxyl groups excluding tert-OH is 1. The number of nitrogen functional groups attached to an aromatic ring is 1. The van der Waals surface area contributed by atoms with E-state index in [-0.39, 0.29) is 58.8 Å². The number of carbonyl (C=O) groups is 2. The van der Waals surface area contributed by atoms with Crippen LogP contribution in [0.25, 0.3) is 0 Å². The largest absolute Gasteiger partial charge is 0.506 e. The summed E-state index contributed by atoms with van der Waals surface area (Å²) in [4.78, 5) is 24.5. The number of aliphatic hydroxyl groups is 1. The molecule has 6 atom stereocenters. The maximum atomic E-state index is 12.8. The zero-order chi connectivity index (χ0) is 29.4. The molecule has 2 bridgehead atoms. The second kappa shape index (κ2) is 15.5. The predicted octanol–water partition coefficient (Wildman–Crippen LogP) is 3.56. The van der Waals surface area contributed by atoms with Gasteiger partial charge >= 0.3 is 6.09 Å². The first-order valence-corrected chi connectivity index (χ1v) is 12.7. The van der Waals surface area contributed by atoms with E-state index in [1.54, 1.807) is 39.0 Å². The molecule has 0 aromatic heterocycles. The number of aromatic hydroxyl groups is 2. The molecule has 1 heterocycles. The van der Waals surface area contributed by atoms with Crippen LogP contribution in [0.3, 0.4) is 0 Å². The van der Waals surface area contributed by atoms with Gasteiger partial charge in [-0.15, -0.1) is 12.4 Å². The summed E-state index contributed by atoms with van der Waals surface area (Å²) >= 11 is 0. The van der Waals surface area contributed by atoms with Gasteiger partial charge in [-0.25, -0.2) is 4.79 Å². The van der Waals surface area contributed by atoms with Crippen molar-refractivity contribution in [2.45, 2.75) is 65.0 Å². The number of phenols is 2. The van der Waals surface area contributed by atoms with Crippen LogP contribution >= 0.6 is 12.4 Å². The van der Waals surface area contributed by atoms with Crippen LogP contribution in [-0.2, 0) is 25.4 Å². The van der Waals surface area contributed by atoms with Gasteiger partial charge in [0.05, 0.1) is 23.6 Å². The van der Waals surface area contributed by atoms with Crippen LogP contribution in [0.5, 0.6) is 11.5 Å². The van der Waals surface area contributed by atoms with Gasteiger partial charge < -0.3 is 46.3 Å². The van der Waals surface area contributed by atoms with Crippen LogP contribution in [-0.4, -0.2) is 66.0 Å². The fourth-order valence-electron chi connectivity index (χ4n) is 4.63. The highest BCUT2D eigenvalue weighted by atomic mass is 35.5. The third kappa shape index (κ3) is 8.88. The molecule has 0 aliphatic carbocycles. The zero-order valence-electron chi connectivity index (χ0n) is 23.7. The van der Waals surface area contributed by atoms with Gasteiger partial charge in [-0.2, -0.15) is 0 Å². The second-order valence-electron chi connectivity index (χ2n) is 10.0. The SMILES string of the molecule is CO[C@H]1/C=C\C=C(/C)C(=O)Nc2cc(O)c(N)c(c2O)C[C@@H](C)C[C@H](OC)[C@H](O)[C@@H](C)/C=C(\C)[C@H]1OC(N)=O.Cl. The number of ether oxygens (including phenoxy) is 3. The molecule has 0 unspecified atom stereocenters. The van der Waals surface area contributed by atoms with Gasteiger partial charge in [-0.3, -0.25) is 4.79 Å². The number of fused-ring (bicyclic) bond motifs is 2. The molecule has 8 N–H and O–H groups in total. The van der Waals surface area contributed by atoms with Crippen LogP contribution in [0.15, 0.2) is 41.5 Å². The number of amides is 2. The summed E-state index contributed by atoms with van der Waals surface area (Å²) in [5, 5.41) is 35.0. The molecule has 40 heavy (non-hydrogen) atoms. The molecule has 1 aromatic rings. The van der Waals surface area contributed by atoms with Crippen molar-refractivity contribution >= 4 is 35.8 Å². The van der Waals surface area contributed by atoms with Crippen molar-refractivity contribution in [1.29, 1.82) is 0 Å². The van der Waals surface area contributed by atoms with Crippen molar-refractivity contribution in [3.05, 3.63) is 47.1 Å². The van der Waals surface area contributed by atoms with E-state index in [2.05, 4.69) is 5.32 Å². The van der Waals surface area contributed by atoms with Crippen molar-refractivity contribution in [1.82, 2.24) is 0 Å². The Morgan fingerprint density at radius 2 is 1.80 bits per heavy atom. The first kappa shape index (κ1) is 34.8. The molecule has 0 saturated heterocycles. The number of carbonyl (C=O) groups excluding carboxylic acids is 2. The van der Waals surface area contributed by atoms with Crippen LogP contribution in [0.2, 0.25) is 0 Å². The first-order valence-electron chi connectivity index (χ1n) is 12.7. The lowest BCUT2D eigenvalue weighted by Gasteiger charge is -2.29. The second-order valence-corrected chi connectivity index (χ2v) is 10.0. The van der Waals surface area contributed by atoms with E-state index in [1.165, 1.54) is 26.4 Å². The average molecular weight is 584 g/mol. The van der Waals surface area contributed by atoms with E-state index in [9.17, 15) is 24.9 Å². The summed E-state index contributed by atoms with van der Waals surface area (Å²) in [5.41, 5.74) is 12.6. The van der Waals surface area contributed by atoms with Crippen LogP contribution in [0.4, 0.5) is 16.2 Å². The molecule has 224 valence electrons. The highest BCUT2D eigenvalue weighted by Gasteiger charge is 2.30. The number of nitrogens with two attached hydrogens (primary N) is 2. The van der Waals surface area contributed by atoms with Gasteiger partial charge in [0.25, 0.3) is 5.91 Å². The smallest absolute Gasteiger partial charge is 0.405 e. The van der Waals surface area contributed by atoms with Crippen molar-refractivity contribution in [3.8, 4) is 11.5 Å². The third-order valence-corrected chi connectivity index (χ3v) is 6.87. The quantitative estimate of drug-likeness (QED) is 0.134. The Kier molecular flexibility index (Phi) is 13.5. The van der Waals surface area contributed by atoms with Crippen molar-refractivity contribution in [2.75, 3.05) is 25.3 Å². The molecule has 2 amide bonds. The topological polar surface area (TPSA) is 187 Å². The number of benzene rings is 1. The summed E-state index contributed by atoms with van der Waals surface area (Å²) in [5.74, 6) is -1.63. The van der Waals surface area contributed by atoms with Crippen LogP contribution < -0.4 is 16.8 Å². The molecule has 11 nitrogen and oxygen atoms in total. The summed E-state index contributed by atoms with van der Waals surface area (Å²) in [7, 11) is 2.93. The number of halogens is 1. The highest BCUT2D eigenvalue weighted by molar-refractivity contribution is 6.04. The van der Waals surface area contributed by atoms with Gasteiger partial charge in [0.15, 0.2) is 6.10 Å². The van der Waals surface area contributed by atoms with E-state index in [0.29, 0.717) is 12.0 Å². The zero-order valence-corrected chi connectivity index (χ0v) is 24.5. The minimum atomic E-state index is -0.992. The van der Waals surface area contributed by atoms with E-state index in [4.69, 9.17) is 25.7 Å². The van der Waals surface area contributed by atoms with E-state index < -0.39 is 42.3 Å². The maximum Gasteiger partial charge on any atom is 0.405 e. The van der Waals surface area contributed by atoms with Crippen LogP contribution in [0.1, 0.15) is 39.7 Å². The number of hydrogen-bond donors (Lipinski definition) is 6. The van der Waals surface area contributed by atoms with Gasteiger partial charge in [0.2, 0.25) is 0 Å². The van der Waals surface area contributed by atoms with E-state index >= 15 is 0 Å². The van der Waals surface area contributed by atoms with E-state index in [1.807, 2.05) is 6.92 Å². The van der Waals surface area contributed by atoms with Gasteiger partial charge in [0, 0.05) is 37.3 Å². The Bertz CT molecular complexity index is 1140. The molecule has 0 spiro atoms. The Morgan fingerprint density at radius 3 is 2.38 bits per heavy atom. The monoisotopic (exact) mass is 583 g/mol. The fraction of sp³-hybridized carbons (Fsp3) is 0.500. The normalized spacial score (nSPS) is 30.0. The highest BCUT2D eigenvalue weighted by Crippen LogP contribution is 2.40. The van der Waals surface area contributed by atoms with E-state index in [0.717, 1.165) is 0 Å². The number of allylic oxidation sites excluding steroid dienone is 2. The standard InChI is InChI=1S/C28H41N3O8.ClH/c1-14-10-18-23(29)20(32)13-19(25(18)34)31-27(35)15(2)8-7-9-21(37-5)26(39-28(30)36)17(4)12-16(3)24(33)22(11-14)38-6;/h7-9,12-14,16,21-22,24,26,32-34H,10-11,29H2,1-6H3,(H2,30,36)(H,31,35);1H/b9-7-,15-8+,17-12+;/t14-,16+,21+,22+,24-,26-;/m1./s1. The first-order chi connectivity index (χ1) is 18.3. The summed E-state index contributed by atoms with van der Waals surface area (Å²) in [6.07, 6.45) is 2.90. The van der Waals surface area contributed by atoms with Crippen LogP contribution in [0, 0.1) is 11.8 Å². The number of nitrogens with one attached hydrogen (secondary N) is 1. The fourth-order valence-corrected chi connectivity index (χ4v) is 4.63. The predicted molar refractivity (Wildman–Crippen MR) is 155 cm³/mol. The molecule has 2 rings (SSSR count). The molecule has 0 saturated carbocycles. The molecule has 1 aliphatic rings. The summed E-state index contributed by atoms with van der Waals surface area (Å²) in [6.45, 7) is 7.01. The Labute approximate surface area is 241 Å². The van der Waals surface area contributed by atoms with Gasteiger partial charge in [-0.05, 0) is 38.2 Å². The molecule has 0 radical (unpaired) electrons. The molecule has 12 heteroatoms. The summed E-state index contributed by atoms with van der Waals surface area (Å²) < 4.78 is 16.5. The summed E-state index contributed by atoms with van der Waals surface area (Å²) in [6, 6.07) is 1.19. The lowest BCUT2D eigenvalue weighted by Crippen LogP contribution is -2.37. The molecule has 1 aliphatic heterocycles. The molecule has 0 fully saturated rings. The lowest BCUT2D eigenvalue weighted by molar-refractivity contribution is -0.112. The molecule has 1 aromatic carbocycles. The number of hydrogen-bond acceptors (Lipinski definition) is 9. The molecular formula is C28H42ClN3O8. The van der Waals surface area contributed by atoms with Crippen molar-refractivity contribution in [3.63, 3.8) is 0 Å². The van der Waals surface area contributed by atoms with Gasteiger partial charge in [-0.1, -0.05) is 38.2 Å². The third-order valence-electron chi connectivity index (χ3n) is 6.87. The number of phenolic OH excluding ortho intramolecular Hbond substituents is 2. The minimum absolute atomic E-state index is 0. The van der Waals surface area contributed by atoms with Crippen molar-refractivity contribution in [2.24, 2.45) is 17.6 Å². The molecular weight excluding hydrogens is 542 g/mol. The van der Waals surface area contributed by atoms with Crippen molar-refractivity contribution < 1.29 is 39.1 Å². The lowest BCUT2D eigenvalue weighted by atomic mass is 9.87. The van der Waals surface area contributed by atoms with Gasteiger partial charge in [0.1, 0.15) is 17.6 Å². The Balaban J connectivity index is 0.00000800. The average Bonchev–Trinajstić information content (AvgIpc) is 2.88. The Morgan fingerprint density at radius 1 is 1.15 bits per heavy atom. The number of primary amides is 1. The number of methoxy groups -OCH3 is 2.